The van der Waals surface area contributed by atoms with Crippen molar-refractivity contribution in [1.82, 2.24) is 20.0 Å². The number of furan rings is 1. The second kappa shape index (κ2) is 10.1. The number of nitrogens with zero attached hydrogens (tertiary/aromatic N) is 4. The van der Waals surface area contributed by atoms with Crippen molar-refractivity contribution in [2.45, 2.75) is 20.0 Å². The zero-order valence-electron chi connectivity index (χ0n) is 17.6. The molecule has 7 nitrogen and oxygen atoms in total. The Bertz CT molecular complexity index is 791. The number of carbonyl (C=O) groups is 1. The molecule has 1 amide bonds. The van der Waals surface area contributed by atoms with Gasteiger partial charge in [0.2, 0.25) is 0 Å². The molecule has 3 rings (SSSR count). The summed E-state index contributed by atoms with van der Waals surface area (Å²) in [7, 11) is 4.14. The monoisotopic (exact) mass is 397 g/mol. The van der Waals surface area contributed by atoms with Crippen LogP contribution in [0.15, 0.2) is 52.1 Å². The quantitative estimate of drug-likeness (QED) is 0.598. The molecule has 0 radical (unpaired) electrons. The number of piperazine rings is 1. The summed E-state index contributed by atoms with van der Waals surface area (Å²) in [6.45, 7) is 7.27. The van der Waals surface area contributed by atoms with E-state index in [1.54, 1.807) is 12.1 Å². The number of hydrogen-bond donors (Lipinski definition) is 1. The summed E-state index contributed by atoms with van der Waals surface area (Å²) in [5, 5.41) is 3.38. The minimum Gasteiger partial charge on any atom is -0.459 e. The molecule has 29 heavy (non-hydrogen) atoms. The molecule has 0 saturated carbocycles. The Morgan fingerprint density at radius 2 is 1.72 bits per heavy atom. The van der Waals surface area contributed by atoms with Crippen LogP contribution in [-0.4, -0.2) is 73.4 Å². The van der Waals surface area contributed by atoms with Crippen LogP contribution in [0, 0.1) is 0 Å². The largest absolute Gasteiger partial charge is 0.459 e. The van der Waals surface area contributed by atoms with Crippen LogP contribution in [0.3, 0.4) is 0 Å². The van der Waals surface area contributed by atoms with Crippen LogP contribution in [-0.2, 0) is 13.1 Å². The van der Waals surface area contributed by atoms with E-state index in [4.69, 9.17) is 9.41 Å². The number of guanidine groups is 1. The summed E-state index contributed by atoms with van der Waals surface area (Å²) in [6.07, 6.45) is 1.53. The Balaban J connectivity index is 1.57. The zero-order valence-corrected chi connectivity index (χ0v) is 17.6. The molecule has 0 unspecified atom stereocenters. The predicted octanol–water partition coefficient (Wildman–Crippen LogP) is 2.26. The fraction of sp³-hybridized carbons (Fsp3) is 0.455. The summed E-state index contributed by atoms with van der Waals surface area (Å²) >= 11 is 0. The van der Waals surface area contributed by atoms with E-state index in [0.717, 1.165) is 32.1 Å². The fourth-order valence-corrected chi connectivity index (χ4v) is 3.38. The number of aliphatic imine (C=N–C) groups is 1. The van der Waals surface area contributed by atoms with Crippen molar-refractivity contribution in [3.05, 3.63) is 59.5 Å². The van der Waals surface area contributed by atoms with E-state index in [2.05, 4.69) is 60.4 Å². The van der Waals surface area contributed by atoms with Crippen LogP contribution >= 0.6 is 0 Å². The first-order valence-electron chi connectivity index (χ1n) is 10.2. The Kier molecular flexibility index (Phi) is 7.30. The molecular formula is C22H31N5O2. The van der Waals surface area contributed by atoms with Gasteiger partial charge in [-0.25, -0.2) is 4.99 Å². The highest BCUT2D eigenvalue weighted by atomic mass is 16.3. The van der Waals surface area contributed by atoms with Gasteiger partial charge < -0.3 is 24.4 Å². The summed E-state index contributed by atoms with van der Waals surface area (Å²) < 4.78 is 5.23. The van der Waals surface area contributed by atoms with Crippen molar-refractivity contribution in [2.75, 3.05) is 46.8 Å². The average Bonchev–Trinajstić information content (AvgIpc) is 3.26. The van der Waals surface area contributed by atoms with E-state index in [0.29, 0.717) is 25.4 Å². The van der Waals surface area contributed by atoms with E-state index in [9.17, 15) is 4.79 Å². The van der Waals surface area contributed by atoms with Crippen molar-refractivity contribution >= 4 is 11.9 Å². The molecule has 0 bridgehead atoms. The van der Waals surface area contributed by atoms with Gasteiger partial charge in [0, 0.05) is 39.3 Å². The number of carbonyl (C=O) groups excluding carboxylic acids is 1. The van der Waals surface area contributed by atoms with Crippen LogP contribution in [0.1, 0.15) is 28.6 Å². The smallest absolute Gasteiger partial charge is 0.289 e. The Hall–Kier alpha value is -2.80. The van der Waals surface area contributed by atoms with E-state index < -0.39 is 0 Å². The zero-order chi connectivity index (χ0) is 20.6. The fourth-order valence-electron chi connectivity index (χ4n) is 3.38. The topological polar surface area (TPSA) is 64.3 Å². The van der Waals surface area contributed by atoms with Gasteiger partial charge in [0.1, 0.15) is 0 Å². The van der Waals surface area contributed by atoms with E-state index in [1.165, 1.54) is 17.4 Å². The van der Waals surface area contributed by atoms with E-state index in [-0.39, 0.29) is 5.91 Å². The summed E-state index contributed by atoms with van der Waals surface area (Å²) in [5.41, 5.74) is 2.49. The lowest BCUT2D eigenvalue weighted by Gasteiger charge is -2.36. The van der Waals surface area contributed by atoms with Crippen molar-refractivity contribution in [3.8, 4) is 0 Å². The first kappa shape index (κ1) is 20.9. The third-order valence-corrected chi connectivity index (χ3v) is 4.87. The van der Waals surface area contributed by atoms with Gasteiger partial charge in [0.15, 0.2) is 11.7 Å². The van der Waals surface area contributed by atoms with Gasteiger partial charge >= 0.3 is 0 Å². The van der Waals surface area contributed by atoms with Crippen LogP contribution < -0.4 is 5.32 Å². The van der Waals surface area contributed by atoms with E-state index in [1.807, 2.05) is 4.90 Å². The second-order valence-electron chi connectivity index (χ2n) is 7.48. The molecule has 7 heteroatoms. The van der Waals surface area contributed by atoms with Gasteiger partial charge in [0.25, 0.3) is 5.91 Å². The highest BCUT2D eigenvalue weighted by Crippen LogP contribution is 2.11. The van der Waals surface area contributed by atoms with E-state index >= 15 is 0 Å². The van der Waals surface area contributed by atoms with Gasteiger partial charge in [-0.3, -0.25) is 4.79 Å². The molecule has 1 aromatic carbocycles. The third kappa shape index (κ3) is 5.84. The van der Waals surface area contributed by atoms with Crippen molar-refractivity contribution in [1.29, 1.82) is 0 Å². The van der Waals surface area contributed by atoms with Gasteiger partial charge in [-0.1, -0.05) is 24.3 Å². The first-order chi connectivity index (χ1) is 14.1. The minimum atomic E-state index is -0.0468. The highest BCUT2D eigenvalue weighted by molar-refractivity contribution is 5.91. The molecule has 2 heterocycles. The molecule has 1 N–H and O–H groups in total. The molecule has 1 aromatic heterocycles. The summed E-state index contributed by atoms with van der Waals surface area (Å²) in [5.74, 6) is 1.25. The van der Waals surface area contributed by atoms with Crippen molar-refractivity contribution in [3.63, 3.8) is 0 Å². The Morgan fingerprint density at radius 3 is 2.31 bits per heavy atom. The molecule has 1 saturated heterocycles. The molecule has 0 aliphatic carbocycles. The van der Waals surface area contributed by atoms with Gasteiger partial charge in [-0.05, 0) is 44.3 Å². The third-order valence-electron chi connectivity index (χ3n) is 4.87. The normalized spacial score (nSPS) is 15.1. The molecule has 0 atom stereocenters. The van der Waals surface area contributed by atoms with Gasteiger partial charge in [-0.15, -0.1) is 0 Å². The molecule has 1 aliphatic rings. The average molecular weight is 398 g/mol. The number of hydrogen-bond acceptors (Lipinski definition) is 4. The second-order valence-corrected chi connectivity index (χ2v) is 7.48. The van der Waals surface area contributed by atoms with Crippen LogP contribution in [0.4, 0.5) is 0 Å². The maximum Gasteiger partial charge on any atom is 0.289 e. The van der Waals surface area contributed by atoms with Gasteiger partial charge in [-0.2, -0.15) is 0 Å². The first-order valence-corrected chi connectivity index (χ1v) is 10.2. The SMILES string of the molecule is CCNC(=NCc1ccc(CN(C)C)cc1)N1CCN(C(=O)c2ccco2)CC1. The number of amides is 1. The van der Waals surface area contributed by atoms with Crippen LogP contribution in [0.5, 0.6) is 0 Å². The van der Waals surface area contributed by atoms with Gasteiger partial charge in [0.05, 0.1) is 12.8 Å². The lowest BCUT2D eigenvalue weighted by atomic mass is 10.1. The maximum atomic E-state index is 12.4. The molecular weight excluding hydrogens is 366 g/mol. The lowest BCUT2D eigenvalue weighted by molar-refractivity contribution is 0.0657. The maximum absolute atomic E-state index is 12.4. The standard InChI is InChI=1S/C22H31N5O2/c1-4-23-22(24-16-18-7-9-19(10-8-18)17-25(2)3)27-13-11-26(12-14-27)21(28)20-6-5-15-29-20/h5-10,15H,4,11-14,16-17H2,1-3H3,(H,23,24). The molecule has 1 aliphatic heterocycles. The Labute approximate surface area is 173 Å². The van der Waals surface area contributed by atoms with Crippen LogP contribution in [0.25, 0.3) is 0 Å². The van der Waals surface area contributed by atoms with Crippen molar-refractivity contribution < 1.29 is 9.21 Å². The summed E-state index contributed by atoms with van der Waals surface area (Å²) in [4.78, 5) is 23.5. The molecule has 0 spiro atoms. The lowest BCUT2D eigenvalue weighted by Crippen LogP contribution is -2.53. The summed E-state index contributed by atoms with van der Waals surface area (Å²) in [6, 6.07) is 12.1. The molecule has 2 aromatic rings. The van der Waals surface area contributed by atoms with Crippen LogP contribution in [0.2, 0.25) is 0 Å². The minimum absolute atomic E-state index is 0.0468. The number of rotatable bonds is 6. The number of nitrogens with one attached hydrogen (secondary N) is 1. The predicted molar refractivity (Wildman–Crippen MR) is 115 cm³/mol. The number of benzene rings is 1. The van der Waals surface area contributed by atoms with Crippen molar-refractivity contribution in [2.24, 2.45) is 4.99 Å². The Morgan fingerprint density at radius 1 is 1.07 bits per heavy atom. The molecule has 1 fully saturated rings. The molecule has 156 valence electrons. The highest BCUT2D eigenvalue weighted by Gasteiger charge is 2.25.